The molecule has 0 aliphatic heterocycles. The van der Waals surface area contributed by atoms with Crippen molar-refractivity contribution in [3.8, 4) is 12.3 Å². The fourth-order valence-electron chi connectivity index (χ4n) is 1.39. The molecule has 0 atom stereocenters. The number of amides is 1. The molecule has 0 saturated heterocycles. The molecule has 2 aromatic rings. The molecule has 0 aromatic carbocycles. The van der Waals surface area contributed by atoms with E-state index in [1.165, 1.54) is 18.1 Å². The van der Waals surface area contributed by atoms with Crippen molar-refractivity contribution >= 4 is 28.7 Å². The third-order valence-electron chi connectivity index (χ3n) is 2.22. The number of nitrogens with zero attached hydrogens (tertiary/aromatic N) is 4. The number of rotatable bonds is 4. The SMILES string of the molecule is C#CCNC(=O)CSc1ncnc2c1cnn2C. The van der Waals surface area contributed by atoms with Crippen LogP contribution >= 0.6 is 11.8 Å². The van der Waals surface area contributed by atoms with Gasteiger partial charge in [-0.15, -0.1) is 6.42 Å². The number of thioether (sulfide) groups is 1. The monoisotopic (exact) mass is 261 g/mol. The lowest BCUT2D eigenvalue weighted by Gasteiger charge is -2.02. The normalized spacial score (nSPS) is 10.2. The molecule has 0 unspecified atom stereocenters. The Morgan fingerprint density at radius 3 is 3.22 bits per heavy atom. The van der Waals surface area contributed by atoms with E-state index in [0.717, 1.165) is 16.1 Å². The zero-order valence-corrected chi connectivity index (χ0v) is 10.6. The van der Waals surface area contributed by atoms with Gasteiger partial charge in [0.2, 0.25) is 5.91 Å². The molecular weight excluding hydrogens is 250 g/mol. The topological polar surface area (TPSA) is 72.7 Å². The first-order valence-corrected chi connectivity index (χ1v) is 6.16. The van der Waals surface area contributed by atoms with Crippen LogP contribution in [0.1, 0.15) is 0 Å². The van der Waals surface area contributed by atoms with E-state index in [9.17, 15) is 4.79 Å². The highest BCUT2D eigenvalue weighted by Gasteiger charge is 2.09. The van der Waals surface area contributed by atoms with E-state index in [0.29, 0.717) is 0 Å². The van der Waals surface area contributed by atoms with Crippen molar-refractivity contribution in [2.45, 2.75) is 5.03 Å². The van der Waals surface area contributed by atoms with E-state index in [1.807, 2.05) is 7.05 Å². The Kier molecular flexibility index (Phi) is 3.79. The Morgan fingerprint density at radius 2 is 2.44 bits per heavy atom. The first kappa shape index (κ1) is 12.4. The standard InChI is InChI=1S/C11H11N5OS/c1-3-4-12-9(17)6-18-11-8-5-15-16(2)10(8)13-7-14-11/h1,5,7H,4,6H2,2H3,(H,12,17). The quantitative estimate of drug-likeness (QED) is 0.484. The van der Waals surface area contributed by atoms with Crippen LogP contribution in [0.25, 0.3) is 11.0 Å². The minimum Gasteiger partial charge on any atom is -0.344 e. The van der Waals surface area contributed by atoms with Crippen LogP contribution in [0.2, 0.25) is 0 Å². The largest absolute Gasteiger partial charge is 0.344 e. The van der Waals surface area contributed by atoms with E-state index in [-0.39, 0.29) is 18.2 Å². The zero-order valence-electron chi connectivity index (χ0n) is 9.75. The van der Waals surface area contributed by atoms with Gasteiger partial charge in [-0.1, -0.05) is 17.7 Å². The second kappa shape index (κ2) is 5.51. The van der Waals surface area contributed by atoms with E-state index in [1.54, 1.807) is 10.9 Å². The van der Waals surface area contributed by atoms with Crippen LogP contribution in [0.3, 0.4) is 0 Å². The van der Waals surface area contributed by atoms with E-state index >= 15 is 0 Å². The maximum atomic E-state index is 11.4. The van der Waals surface area contributed by atoms with Gasteiger partial charge in [-0.25, -0.2) is 9.97 Å². The summed E-state index contributed by atoms with van der Waals surface area (Å²) in [7, 11) is 1.81. The maximum absolute atomic E-state index is 11.4. The second-order valence-corrected chi connectivity index (χ2v) is 4.42. The molecule has 2 rings (SSSR count). The molecule has 0 bridgehead atoms. The molecule has 92 valence electrons. The predicted molar refractivity (Wildman–Crippen MR) is 68.9 cm³/mol. The summed E-state index contributed by atoms with van der Waals surface area (Å²) < 4.78 is 1.67. The fourth-order valence-corrected chi connectivity index (χ4v) is 2.18. The summed E-state index contributed by atoms with van der Waals surface area (Å²) in [5, 5.41) is 8.28. The van der Waals surface area contributed by atoms with Crippen molar-refractivity contribution in [1.82, 2.24) is 25.1 Å². The lowest BCUT2D eigenvalue weighted by molar-refractivity contribution is -0.118. The van der Waals surface area contributed by atoms with Crippen LogP contribution in [-0.2, 0) is 11.8 Å². The van der Waals surface area contributed by atoms with Gasteiger partial charge in [-0.3, -0.25) is 9.48 Å². The van der Waals surface area contributed by atoms with Gasteiger partial charge in [0.1, 0.15) is 11.4 Å². The molecule has 2 heterocycles. The Morgan fingerprint density at radius 1 is 1.61 bits per heavy atom. The Balaban J connectivity index is 2.08. The Labute approximate surface area is 108 Å². The molecule has 0 saturated carbocycles. The summed E-state index contributed by atoms with van der Waals surface area (Å²) in [6.07, 6.45) is 8.21. The molecule has 6 nitrogen and oxygen atoms in total. The number of nitrogens with one attached hydrogen (secondary N) is 1. The highest BCUT2D eigenvalue weighted by molar-refractivity contribution is 8.00. The highest BCUT2D eigenvalue weighted by atomic mass is 32.2. The van der Waals surface area contributed by atoms with Gasteiger partial charge in [-0.05, 0) is 0 Å². The second-order valence-electron chi connectivity index (χ2n) is 3.45. The summed E-state index contributed by atoms with van der Waals surface area (Å²) in [5.41, 5.74) is 0.747. The molecule has 0 aliphatic rings. The molecule has 0 fully saturated rings. The number of carbonyl (C=O) groups is 1. The zero-order chi connectivity index (χ0) is 13.0. The van der Waals surface area contributed by atoms with Crippen LogP contribution in [0, 0.1) is 12.3 Å². The fraction of sp³-hybridized carbons (Fsp3) is 0.273. The van der Waals surface area contributed by atoms with Crippen LogP contribution in [0.5, 0.6) is 0 Å². The van der Waals surface area contributed by atoms with Crippen molar-refractivity contribution < 1.29 is 4.79 Å². The third kappa shape index (κ3) is 2.60. The summed E-state index contributed by atoms with van der Waals surface area (Å²) in [6.45, 7) is 0.242. The molecule has 0 spiro atoms. The molecule has 2 aromatic heterocycles. The maximum Gasteiger partial charge on any atom is 0.231 e. The summed E-state index contributed by atoms with van der Waals surface area (Å²) in [4.78, 5) is 19.7. The van der Waals surface area contributed by atoms with E-state index < -0.39 is 0 Å². The minimum absolute atomic E-state index is 0.117. The van der Waals surface area contributed by atoms with Crippen LogP contribution in [-0.4, -0.2) is 38.0 Å². The van der Waals surface area contributed by atoms with Crippen molar-refractivity contribution in [1.29, 1.82) is 0 Å². The number of terminal acetylenes is 1. The van der Waals surface area contributed by atoms with Crippen molar-refractivity contribution in [3.05, 3.63) is 12.5 Å². The number of fused-ring (bicyclic) bond motifs is 1. The smallest absolute Gasteiger partial charge is 0.231 e. The van der Waals surface area contributed by atoms with Crippen molar-refractivity contribution in [3.63, 3.8) is 0 Å². The number of hydrogen-bond donors (Lipinski definition) is 1. The molecule has 18 heavy (non-hydrogen) atoms. The van der Waals surface area contributed by atoms with Crippen molar-refractivity contribution in [2.24, 2.45) is 7.05 Å². The first-order chi connectivity index (χ1) is 8.72. The van der Waals surface area contributed by atoms with Gasteiger partial charge < -0.3 is 5.32 Å². The van der Waals surface area contributed by atoms with Gasteiger partial charge in [-0.2, -0.15) is 5.10 Å². The molecule has 0 radical (unpaired) electrons. The van der Waals surface area contributed by atoms with Crippen LogP contribution in [0.15, 0.2) is 17.6 Å². The van der Waals surface area contributed by atoms with Crippen LogP contribution < -0.4 is 5.32 Å². The Bertz CT molecular complexity index is 615. The molecule has 1 N–H and O–H groups in total. The van der Waals surface area contributed by atoms with Crippen LogP contribution in [0.4, 0.5) is 0 Å². The number of hydrogen-bond acceptors (Lipinski definition) is 5. The molecule has 7 heteroatoms. The lowest BCUT2D eigenvalue weighted by Crippen LogP contribution is -2.25. The van der Waals surface area contributed by atoms with Gasteiger partial charge >= 0.3 is 0 Å². The lowest BCUT2D eigenvalue weighted by atomic mass is 10.4. The van der Waals surface area contributed by atoms with Gasteiger partial charge in [0.05, 0.1) is 23.9 Å². The number of carbonyl (C=O) groups excluding carboxylic acids is 1. The average Bonchev–Trinajstić information content (AvgIpc) is 2.76. The molecular formula is C11H11N5OS. The van der Waals surface area contributed by atoms with Gasteiger partial charge in [0, 0.05) is 7.05 Å². The summed E-state index contributed by atoms with van der Waals surface area (Å²) in [5.74, 6) is 2.50. The molecule has 1 amide bonds. The van der Waals surface area contributed by atoms with Gasteiger partial charge in [0.25, 0.3) is 0 Å². The van der Waals surface area contributed by atoms with E-state index in [4.69, 9.17) is 6.42 Å². The third-order valence-corrected chi connectivity index (χ3v) is 3.23. The van der Waals surface area contributed by atoms with Crippen molar-refractivity contribution in [2.75, 3.05) is 12.3 Å². The van der Waals surface area contributed by atoms with Gasteiger partial charge in [0.15, 0.2) is 5.65 Å². The predicted octanol–water partition coefficient (Wildman–Crippen LogP) is 0.205. The first-order valence-electron chi connectivity index (χ1n) is 5.18. The van der Waals surface area contributed by atoms with E-state index in [2.05, 4.69) is 26.3 Å². The summed E-state index contributed by atoms with van der Waals surface area (Å²) in [6, 6.07) is 0. The molecule has 0 aliphatic carbocycles. The highest BCUT2D eigenvalue weighted by Crippen LogP contribution is 2.23. The number of aromatic nitrogens is 4. The Hall–Kier alpha value is -2.07. The summed E-state index contributed by atoms with van der Waals surface area (Å²) >= 11 is 1.34. The number of aryl methyl sites for hydroxylation is 1. The minimum atomic E-state index is -0.117. The average molecular weight is 261 g/mol.